The lowest BCUT2D eigenvalue weighted by molar-refractivity contribution is -0.0268. The molecule has 1 heteroatoms. The maximum atomic E-state index is 2.74. The third-order valence-corrected chi connectivity index (χ3v) is 4.23. The Bertz CT molecular complexity index is 162. The molecule has 2 aliphatic heterocycles. The van der Waals surface area contributed by atoms with E-state index in [2.05, 4.69) is 18.7 Å². The molecule has 0 bridgehead atoms. The molecule has 1 nitrogen and oxygen atoms in total. The topological polar surface area (TPSA) is 3.24 Å². The first-order valence-corrected chi connectivity index (χ1v) is 5.58. The standard InChI is InChI=1S/C11H21N/c1-3-10(4-2)11-6-5-8-12(11)9-7-11/h10H,3-9H2,1-2H3. The van der Waals surface area contributed by atoms with Gasteiger partial charge in [-0.05, 0) is 31.7 Å². The van der Waals surface area contributed by atoms with Gasteiger partial charge >= 0.3 is 0 Å². The summed E-state index contributed by atoms with van der Waals surface area (Å²) >= 11 is 0. The Hall–Kier alpha value is -0.0400. The molecule has 70 valence electrons. The van der Waals surface area contributed by atoms with Crippen molar-refractivity contribution in [3.63, 3.8) is 0 Å². The molecule has 0 aromatic carbocycles. The zero-order valence-corrected chi connectivity index (χ0v) is 8.47. The third kappa shape index (κ3) is 0.953. The van der Waals surface area contributed by atoms with Crippen LogP contribution >= 0.6 is 0 Å². The molecule has 2 fully saturated rings. The molecule has 2 saturated heterocycles. The first-order chi connectivity index (χ1) is 5.83. The van der Waals surface area contributed by atoms with Gasteiger partial charge in [-0.15, -0.1) is 0 Å². The number of rotatable bonds is 3. The lowest BCUT2D eigenvalue weighted by atomic mass is 9.71. The highest BCUT2D eigenvalue weighted by atomic mass is 15.3. The molecule has 0 aromatic rings. The van der Waals surface area contributed by atoms with Crippen LogP contribution in [-0.4, -0.2) is 23.5 Å². The molecule has 0 aromatic heterocycles. The van der Waals surface area contributed by atoms with E-state index in [1.54, 1.807) is 0 Å². The van der Waals surface area contributed by atoms with E-state index in [9.17, 15) is 0 Å². The van der Waals surface area contributed by atoms with Gasteiger partial charge in [-0.2, -0.15) is 0 Å². The predicted octanol–water partition coefficient (Wildman–Crippen LogP) is 2.66. The fourth-order valence-electron chi connectivity index (χ4n) is 3.47. The van der Waals surface area contributed by atoms with E-state index in [1.165, 1.54) is 45.2 Å². The molecule has 0 radical (unpaired) electrons. The van der Waals surface area contributed by atoms with E-state index < -0.39 is 0 Å². The fourth-order valence-corrected chi connectivity index (χ4v) is 3.47. The van der Waals surface area contributed by atoms with Crippen molar-refractivity contribution in [2.45, 2.75) is 51.5 Å². The minimum absolute atomic E-state index is 0.684. The van der Waals surface area contributed by atoms with E-state index in [0.717, 1.165) is 5.92 Å². The minimum atomic E-state index is 0.684. The van der Waals surface area contributed by atoms with Gasteiger partial charge in [-0.25, -0.2) is 0 Å². The van der Waals surface area contributed by atoms with Crippen molar-refractivity contribution < 1.29 is 0 Å². The Morgan fingerprint density at radius 2 is 1.92 bits per heavy atom. The second-order valence-corrected chi connectivity index (χ2v) is 4.46. The summed E-state index contributed by atoms with van der Waals surface area (Å²) in [6.45, 7) is 7.49. The molecule has 2 heterocycles. The molecule has 0 amide bonds. The lowest BCUT2D eigenvalue weighted by Crippen LogP contribution is -2.59. The highest BCUT2D eigenvalue weighted by Crippen LogP contribution is 2.47. The summed E-state index contributed by atoms with van der Waals surface area (Å²) in [4.78, 5) is 2.74. The van der Waals surface area contributed by atoms with Crippen molar-refractivity contribution >= 4 is 0 Å². The molecule has 2 rings (SSSR count). The Balaban J connectivity index is 2.08. The van der Waals surface area contributed by atoms with Crippen molar-refractivity contribution in [2.24, 2.45) is 5.92 Å². The number of nitrogens with zero attached hydrogens (tertiary/aromatic N) is 1. The van der Waals surface area contributed by atoms with Crippen LogP contribution < -0.4 is 0 Å². The van der Waals surface area contributed by atoms with Gasteiger partial charge in [-0.3, -0.25) is 4.90 Å². The summed E-state index contributed by atoms with van der Waals surface area (Å²) in [5.41, 5.74) is 0.684. The first kappa shape index (κ1) is 8.55. The van der Waals surface area contributed by atoms with Crippen LogP contribution in [0.25, 0.3) is 0 Å². The van der Waals surface area contributed by atoms with E-state index in [4.69, 9.17) is 0 Å². The summed E-state index contributed by atoms with van der Waals surface area (Å²) in [7, 11) is 0. The van der Waals surface area contributed by atoms with Gasteiger partial charge in [0.1, 0.15) is 0 Å². The van der Waals surface area contributed by atoms with Crippen molar-refractivity contribution in [2.75, 3.05) is 13.1 Å². The van der Waals surface area contributed by atoms with Gasteiger partial charge in [0.25, 0.3) is 0 Å². The summed E-state index contributed by atoms with van der Waals surface area (Å²) in [5.74, 6) is 0.980. The number of hydrogen-bond acceptors (Lipinski definition) is 1. The van der Waals surface area contributed by atoms with E-state index in [-0.39, 0.29) is 0 Å². The molecule has 0 spiro atoms. The van der Waals surface area contributed by atoms with Crippen LogP contribution in [0.5, 0.6) is 0 Å². The highest BCUT2D eigenvalue weighted by molar-refractivity contribution is 5.06. The fraction of sp³-hybridized carbons (Fsp3) is 1.00. The summed E-state index contributed by atoms with van der Waals surface area (Å²) in [6.07, 6.45) is 7.19. The van der Waals surface area contributed by atoms with Crippen molar-refractivity contribution in [3.8, 4) is 0 Å². The van der Waals surface area contributed by atoms with Crippen LogP contribution in [0.4, 0.5) is 0 Å². The Morgan fingerprint density at radius 1 is 1.17 bits per heavy atom. The number of fused-ring (bicyclic) bond motifs is 1. The molecule has 0 aliphatic carbocycles. The zero-order chi connectivity index (χ0) is 8.60. The SMILES string of the molecule is CCC(CC)C12CCCN1CC2. The molecule has 0 saturated carbocycles. The maximum absolute atomic E-state index is 2.74. The van der Waals surface area contributed by atoms with E-state index >= 15 is 0 Å². The van der Waals surface area contributed by atoms with Crippen molar-refractivity contribution in [3.05, 3.63) is 0 Å². The van der Waals surface area contributed by atoms with Gasteiger partial charge in [0.05, 0.1) is 0 Å². The van der Waals surface area contributed by atoms with E-state index in [0.29, 0.717) is 5.54 Å². The van der Waals surface area contributed by atoms with Crippen LogP contribution in [0.3, 0.4) is 0 Å². The van der Waals surface area contributed by atoms with Crippen LogP contribution in [0, 0.1) is 5.92 Å². The zero-order valence-electron chi connectivity index (χ0n) is 8.47. The largest absolute Gasteiger partial charge is 0.297 e. The second-order valence-electron chi connectivity index (χ2n) is 4.46. The van der Waals surface area contributed by atoms with Gasteiger partial charge in [0.2, 0.25) is 0 Å². The maximum Gasteiger partial charge on any atom is 0.0250 e. The lowest BCUT2D eigenvalue weighted by Gasteiger charge is -2.53. The average Bonchev–Trinajstić information content (AvgIpc) is 2.33. The van der Waals surface area contributed by atoms with Crippen LogP contribution in [0.15, 0.2) is 0 Å². The molecule has 0 N–H and O–H groups in total. The summed E-state index contributed by atoms with van der Waals surface area (Å²) in [5, 5.41) is 0. The summed E-state index contributed by atoms with van der Waals surface area (Å²) in [6, 6.07) is 0. The van der Waals surface area contributed by atoms with Gasteiger partial charge in [0, 0.05) is 12.1 Å². The van der Waals surface area contributed by atoms with Gasteiger partial charge in [-0.1, -0.05) is 26.7 Å². The van der Waals surface area contributed by atoms with Gasteiger partial charge in [0.15, 0.2) is 0 Å². The quantitative estimate of drug-likeness (QED) is 0.624. The molecule has 2 aliphatic rings. The van der Waals surface area contributed by atoms with Crippen LogP contribution in [-0.2, 0) is 0 Å². The van der Waals surface area contributed by atoms with E-state index in [1.807, 2.05) is 0 Å². The first-order valence-electron chi connectivity index (χ1n) is 5.58. The Labute approximate surface area is 76.1 Å². The Kier molecular flexibility index (Phi) is 2.16. The summed E-state index contributed by atoms with van der Waals surface area (Å²) < 4.78 is 0. The molecule has 12 heavy (non-hydrogen) atoms. The van der Waals surface area contributed by atoms with Crippen molar-refractivity contribution in [1.82, 2.24) is 4.90 Å². The van der Waals surface area contributed by atoms with Crippen molar-refractivity contribution in [1.29, 1.82) is 0 Å². The van der Waals surface area contributed by atoms with Gasteiger partial charge < -0.3 is 0 Å². The normalized spacial score (nSPS) is 35.2. The van der Waals surface area contributed by atoms with Crippen LogP contribution in [0.1, 0.15) is 46.0 Å². The van der Waals surface area contributed by atoms with Crippen LogP contribution in [0.2, 0.25) is 0 Å². The molecular formula is C11H21N. The molecular weight excluding hydrogens is 146 g/mol. The molecule has 1 unspecified atom stereocenters. The predicted molar refractivity (Wildman–Crippen MR) is 52.2 cm³/mol. The second kappa shape index (κ2) is 3.02. The monoisotopic (exact) mass is 167 g/mol. The minimum Gasteiger partial charge on any atom is -0.297 e. The Morgan fingerprint density at radius 3 is 2.33 bits per heavy atom. The highest BCUT2D eigenvalue weighted by Gasteiger charge is 2.51. The smallest absolute Gasteiger partial charge is 0.0250 e. The molecule has 1 atom stereocenters. The third-order valence-electron chi connectivity index (χ3n) is 4.23. The number of hydrogen-bond donors (Lipinski definition) is 0. The average molecular weight is 167 g/mol.